The first-order valence-electron chi connectivity index (χ1n) is 2.78. The van der Waals surface area contributed by atoms with E-state index in [1.165, 1.54) is 6.26 Å². The third-order valence-electron chi connectivity index (χ3n) is 1.32. The van der Waals surface area contributed by atoms with Gasteiger partial charge in [-0.05, 0) is 7.05 Å². The van der Waals surface area contributed by atoms with Crippen molar-refractivity contribution in [1.82, 2.24) is 4.90 Å². The van der Waals surface area contributed by atoms with Gasteiger partial charge in [0.2, 0.25) is 0 Å². The van der Waals surface area contributed by atoms with Crippen LogP contribution in [0.5, 0.6) is 0 Å². The monoisotopic (exact) mass is 113 g/mol. The highest BCUT2D eigenvalue weighted by atomic mass is 16.5. The Morgan fingerprint density at radius 1 is 1.75 bits per heavy atom. The highest BCUT2D eigenvalue weighted by molar-refractivity contribution is 4.78. The zero-order valence-electron chi connectivity index (χ0n) is 5.13. The van der Waals surface area contributed by atoms with Crippen LogP contribution < -0.4 is 0 Å². The third-order valence-corrected chi connectivity index (χ3v) is 1.32. The van der Waals surface area contributed by atoms with Crippen molar-refractivity contribution >= 4 is 0 Å². The highest BCUT2D eigenvalue weighted by Crippen LogP contribution is 2.07. The number of hydrogen-bond acceptors (Lipinski definition) is 2. The molecule has 0 aromatic heterocycles. The molecule has 0 unspecified atom stereocenters. The average Bonchev–Trinajstić information content (AvgIpc) is 1.64. The average molecular weight is 113 g/mol. The maximum atomic E-state index is 5.07. The number of ether oxygens (including phenoxy) is 1. The van der Waals surface area contributed by atoms with Crippen LogP contribution in [0.3, 0.4) is 0 Å². The van der Waals surface area contributed by atoms with E-state index in [4.69, 9.17) is 4.74 Å². The molecule has 0 spiro atoms. The Balaban J connectivity index is 2.06. The van der Waals surface area contributed by atoms with Gasteiger partial charge < -0.3 is 4.74 Å². The van der Waals surface area contributed by atoms with Crippen LogP contribution in [0, 0.1) is 0 Å². The Morgan fingerprint density at radius 3 is 2.75 bits per heavy atom. The first kappa shape index (κ1) is 5.63. The van der Waals surface area contributed by atoms with Crippen molar-refractivity contribution in [3.05, 3.63) is 12.8 Å². The van der Waals surface area contributed by atoms with Crippen LogP contribution in [-0.2, 0) is 4.74 Å². The van der Waals surface area contributed by atoms with Crippen LogP contribution in [0.15, 0.2) is 12.8 Å². The van der Waals surface area contributed by atoms with Gasteiger partial charge in [-0.25, -0.2) is 0 Å². The molecule has 0 bridgehead atoms. The smallest absolute Gasteiger partial charge is 0.123 e. The molecule has 1 rings (SSSR count). The van der Waals surface area contributed by atoms with E-state index in [9.17, 15) is 0 Å². The van der Waals surface area contributed by atoms with E-state index in [2.05, 4.69) is 18.5 Å². The summed E-state index contributed by atoms with van der Waals surface area (Å²) in [6, 6.07) is 0. The summed E-state index contributed by atoms with van der Waals surface area (Å²) in [4.78, 5) is 2.20. The molecule has 2 nitrogen and oxygen atoms in total. The number of hydrogen-bond donors (Lipinski definition) is 0. The minimum Gasteiger partial charge on any atom is -0.496 e. The largest absolute Gasteiger partial charge is 0.496 e. The van der Waals surface area contributed by atoms with Crippen molar-refractivity contribution in [1.29, 1.82) is 0 Å². The Labute approximate surface area is 49.7 Å². The summed E-state index contributed by atoms with van der Waals surface area (Å²) in [7, 11) is 2.07. The quantitative estimate of drug-likeness (QED) is 0.482. The standard InChI is InChI=1S/C6H11NO/c1-3-8-6-4-7(2)5-6/h3,6H,1,4-5H2,2H3. The van der Waals surface area contributed by atoms with Crippen LogP contribution >= 0.6 is 0 Å². The summed E-state index contributed by atoms with van der Waals surface area (Å²) in [5.74, 6) is 0. The molecule has 0 aromatic rings. The molecule has 1 heterocycles. The summed E-state index contributed by atoms with van der Waals surface area (Å²) >= 11 is 0. The SMILES string of the molecule is C=COC1CN(C)C1. The van der Waals surface area contributed by atoms with Crippen LogP contribution in [-0.4, -0.2) is 31.1 Å². The van der Waals surface area contributed by atoms with E-state index in [1.807, 2.05) is 0 Å². The summed E-state index contributed by atoms with van der Waals surface area (Å²) < 4.78 is 5.07. The summed E-state index contributed by atoms with van der Waals surface area (Å²) in [6.07, 6.45) is 1.93. The zero-order valence-corrected chi connectivity index (χ0v) is 5.13. The molecule has 0 saturated carbocycles. The van der Waals surface area contributed by atoms with Crippen molar-refractivity contribution in [2.75, 3.05) is 20.1 Å². The van der Waals surface area contributed by atoms with Gasteiger partial charge in [-0.15, -0.1) is 0 Å². The van der Waals surface area contributed by atoms with Crippen molar-refractivity contribution in [2.24, 2.45) is 0 Å². The molecular weight excluding hydrogens is 102 g/mol. The van der Waals surface area contributed by atoms with E-state index in [-0.39, 0.29) is 0 Å². The molecule has 1 aliphatic heterocycles. The summed E-state index contributed by atoms with van der Waals surface area (Å²) in [5, 5.41) is 0. The topological polar surface area (TPSA) is 12.5 Å². The molecule has 0 aliphatic carbocycles. The van der Waals surface area contributed by atoms with Crippen LogP contribution in [0.2, 0.25) is 0 Å². The van der Waals surface area contributed by atoms with E-state index in [0.29, 0.717) is 6.10 Å². The van der Waals surface area contributed by atoms with Gasteiger partial charge >= 0.3 is 0 Å². The second-order valence-corrected chi connectivity index (χ2v) is 2.15. The lowest BCUT2D eigenvalue weighted by Gasteiger charge is -2.34. The molecule has 0 aromatic carbocycles. The predicted molar refractivity (Wildman–Crippen MR) is 32.6 cm³/mol. The van der Waals surface area contributed by atoms with Gasteiger partial charge in [-0.3, -0.25) is 4.90 Å². The molecule has 2 heteroatoms. The van der Waals surface area contributed by atoms with Crippen LogP contribution in [0.1, 0.15) is 0 Å². The predicted octanol–water partition coefficient (Wildman–Crippen LogP) is 0.460. The first-order chi connectivity index (χ1) is 3.83. The number of rotatable bonds is 2. The Hall–Kier alpha value is -0.500. The second kappa shape index (κ2) is 2.18. The van der Waals surface area contributed by atoms with Gasteiger partial charge in [-0.1, -0.05) is 6.58 Å². The van der Waals surface area contributed by atoms with Gasteiger partial charge in [0.1, 0.15) is 6.10 Å². The van der Waals surface area contributed by atoms with Crippen molar-refractivity contribution in [2.45, 2.75) is 6.10 Å². The Bertz CT molecular complexity index is 86.5. The van der Waals surface area contributed by atoms with Crippen molar-refractivity contribution in [3.8, 4) is 0 Å². The third kappa shape index (κ3) is 1.01. The Morgan fingerprint density at radius 2 is 2.38 bits per heavy atom. The molecule has 0 amide bonds. The highest BCUT2D eigenvalue weighted by Gasteiger charge is 2.22. The van der Waals surface area contributed by atoms with Crippen molar-refractivity contribution < 1.29 is 4.74 Å². The normalized spacial score (nSPS) is 22.1. The number of likely N-dealkylation sites (N-methyl/N-ethyl adjacent to an activating group) is 1. The van der Waals surface area contributed by atoms with Crippen LogP contribution in [0.25, 0.3) is 0 Å². The molecule has 1 fully saturated rings. The number of nitrogens with zero attached hydrogens (tertiary/aromatic N) is 1. The molecule has 0 atom stereocenters. The molecule has 46 valence electrons. The first-order valence-corrected chi connectivity index (χ1v) is 2.78. The number of likely N-dealkylation sites (tertiary alicyclic amines) is 1. The molecule has 1 saturated heterocycles. The second-order valence-electron chi connectivity index (χ2n) is 2.15. The van der Waals surface area contributed by atoms with E-state index in [1.54, 1.807) is 0 Å². The van der Waals surface area contributed by atoms with E-state index in [0.717, 1.165) is 13.1 Å². The van der Waals surface area contributed by atoms with E-state index < -0.39 is 0 Å². The van der Waals surface area contributed by atoms with Gasteiger partial charge in [0, 0.05) is 13.1 Å². The minimum atomic E-state index is 0.414. The van der Waals surface area contributed by atoms with Crippen LogP contribution in [0.4, 0.5) is 0 Å². The maximum absolute atomic E-state index is 5.07. The Kier molecular flexibility index (Phi) is 1.53. The van der Waals surface area contributed by atoms with E-state index >= 15 is 0 Å². The lowest BCUT2D eigenvalue weighted by molar-refractivity contribution is 0.00764. The summed E-state index contributed by atoms with van der Waals surface area (Å²) in [5.41, 5.74) is 0. The van der Waals surface area contributed by atoms with Gasteiger partial charge in [0.15, 0.2) is 0 Å². The fourth-order valence-corrected chi connectivity index (χ4v) is 0.864. The fourth-order valence-electron chi connectivity index (χ4n) is 0.864. The summed E-state index contributed by atoms with van der Waals surface area (Å²) in [6.45, 7) is 5.56. The van der Waals surface area contributed by atoms with Crippen molar-refractivity contribution in [3.63, 3.8) is 0 Å². The van der Waals surface area contributed by atoms with Gasteiger partial charge in [0.25, 0.3) is 0 Å². The molecular formula is C6H11NO. The lowest BCUT2D eigenvalue weighted by atomic mass is 10.2. The molecule has 1 aliphatic rings. The van der Waals surface area contributed by atoms with Gasteiger partial charge in [-0.2, -0.15) is 0 Å². The fraction of sp³-hybridized carbons (Fsp3) is 0.667. The molecule has 0 radical (unpaired) electrons. The lowest BCUT2D eigenvalue weighted by Crippen LogP contribution is -2.48. The molecule has 8 heavy (non-hydrogen) atoms. The zero-order chi connectivity index (χ0) is 5.98. The maximum Gasteiger partial charge on any atom is 0.123 e. The van der Waals surface area contributed by atoms with Gasteiger partial charge in [0.05, 0.1) is 6.26 Å². The molecule has 0 N–H and O–H groups in total. The minimum absolute atomic E-state index is 0.414.